The van der Waals surface area contributed by atoms with Gasteiger partial charge in [0.15, 0.2) is 12.2 Å². The highest BCUT2D eigenvalue weighted by atomic mass is 16.4. The van der Waals surface area contributed by atoms with Gasteiger partial charge in [-0.1, -0.05) is 0 Å². The van der Waals surface area contributed by atoms with Crippen LogP contribution in [0.1, 0.15) is 12.8 Å². The molecule has 0 aliphatic carbocycles. The molecule has 0 bridgehead atoms. The number of carboxylic acids is 4. The number of rotatable bonds is 8. The molecule has 6 N–H and O–H groups in total. The van der Waals surface area contributed by atoms with Crippen LogP contribution in [0.4, 0.5) is 0 Å². The minimum Gasteiger partial charge on any atom is -0.479 e. The molecule has 0 saturated heterocycles. The quantitative estimate of drug-likeness (QED) is 0.245. The first kappa shape index (κ1) is 21.4. The zero-order chi connectivity index (χ0) is 18.0. The molecular formula is C10H12O12. The SMILES string of the molecule is O=C(O)C(=O)C[C@H](O)C(=O)O.O=C(O)C(=O)C[C@H](O)C(=O)O. The van der Waals surface area contributed by atoms with Gasteiger partial charge in [-0.05, 0) is 0 Å². The fourth-order valence-corrected chi connectivity index (χ4v) is 0.700. The molecule has 0 amide bonds. The summed E-state index contributed by atoms with van der Waals surface area (Å²) in [4.78, 5) is 59.8. The molecule has 12 heteroatoms. The van der Waals surface area contributed by atoms with Gasteiger partial charge >= 0.3 is 23.9 Å². The predicted molar refractivity (Wildman–Crippen MR) is 61.8 cm³/mol. The number of hydrogen-bond donors (Lipinski definition) is 6. The van der Waals surface area contributed by atoms with Gasteiger partial charge in [0.25, 0.3) is 0 Å². The number of aliphatic hydroxyl groups excluding tert-OH is 2. The lowest BCUT2D eigenvalue weighted by Gasteiger charge is -1.99. The Hall–Kier alpha value is -2.86. The van der Waals surface area contributed by atoms with Crippen molar-refractivity contribution < 1.29 is 59.4 Å². The Morgan fingerprint density at radius 2 is 0.818 bits per heavy atom. The number of carboxylic acid groups (broad SMARTS) is 4. The van der Waals surface area contributed by atoms with Gasteiger partial charge in [0.1, 0.15) is 0 Å². The lowest BCUT2D eigenvalue weighted by atomic mass is 10.2. The number of aliphatic hydroxyl groups is 2. The summed E-state index contributed by atoms with van der Waals surface area (Å²) in [5.74, 6) is -9.35. The molecule has 0 rings (SSSR count). The van der Waals surface area contributed by atoms with Crippen LogP contribution < -0.4 is 0 Å². The Morgan fingerprint density at radius 1 is 0.591 bits per heavy atom. The van der Waals surface area contributed by atoms with E-state index in [9.17, 15) is 28.8 Å². The van der Waals surface area contributed by atoms with Crippen LogP contribution in [0.25, 0.3) is 0 Å². The third-order valence-corrected chi connectivity index (χ3v) is 1.80. The summed E-state index contributed by atoms with van der Waals surface area (Å²) in [6.07, 6.45) is -5.66. The number of carbonyl (C=O) groups excluding carboxylic acids is 2. The molecule has 0 saturated carbocycles. The number of aliphatic carboxylic acids is 4. The Bertz CT molecular complexity index is 434. The summed E-state index contributed by atoms with van der Waals surface area (Å²) in [5, 5.41) is 48.9. The predicted octanol–water partition coefficient (Wildman–Crippen LogP) is -3.05. The maximum Gasteiger partial charge on any atom is 0.372 e. The van der Waals surface area contributed by atoms with Crippen LogP contribution >= 0.6 is 0 Å². The van der Waals surface area contributed by atoms with Gasteiger partial charge in [0, 0.05) is 0 Å². The first-order chi connectivity index (χ1) is 9.89. The van der Waals surface area contributed by atoms with Crippen molar-refractivity contribution in [3.8, 4) is 0 Å². The smallest absolute Gasteiger partial charge is 0.372 e. The zero-order valence-electron chi connectivity index (χ0n) is 10.7. The number of carbonyl (C=O) groups is 6. The van der Waals surface area contributed by atoms with Gasteiger partial charge in [-0.15, -0.1) is 0 Å². The van der Waals surface area contributed by atoms with Crippen LogP contribution in [0.15, 0.2) is 0 Å². The maximum absolute atomic E-state index is 10.2. The summed E-state index contributed by atoms with van der Waals surface area (Å²) in [5.41, 5.74) is 0. The average Bonchev–Trinajstić information content (AvgIpc) is 2.38. The van der Waals surface area contributed by atoms with Crippen molar-refractivity contribution in [2.45, 2.75) is 25.0 Å². The molecular weight excluding hydrogens is 312 g/mol. The molecule has 2 atom stereocenters. The van der Waals surface area contributed by atoms with E-state index < -0.39 is 60.5 Å². The second-order valence-electron chi connectivity index (χ2n) is 3.57. The van der Waals surface area contributed by atoms with E-state index >= 15 is 0 Å². The van der Waals surface area contributed by atoms with Crippen LogP contribution in [0, 0.1) is 0 Å². The fraction of sp³-hybridized carbons (Fsp3) is 0.400. The van der Waals surface area contributed by atoms with Crippen LogP contribution in [0.5, 0.6) is 0 Å². The van der Waals surface area contributed by atoms with E-state index in [1.54, 1.807) is 0 Å². The van der Waals surface area contributed by atoms with Gasteiger partial charge in [-0.25, -0.2) is 19.2 Å². The van der Waals surface area contributed by atoms with E-state index in [2.05, 4.69) is 0 Å². The first-order valence-corrected chi connectivity index (χ1v) is 5.24. The van der Waals surface area contributed by atoms with Crippen LogP contribution in [0.2, 0.25) is 0 Å². The molecule has 0 unspecified atom stereocenters. The van der Waals surface area contributed by atoms with Crippen molar-refractivity contribution in [3.63, 3.8) is 0 Å². The highest BCUT2D eigenvalue weighted by Crippen LogP contribution is 1.93. The topological polar surface area (TPSA) is 224 Å². The van der Waals surface area contributed by atoms with Crippen molar-refractivity contribution in [1.29, 1.82) is 0 Å². The summed E-state index contributed by atoms with van der Waals surface area (Å²) < 4.78 is 0. The van der Waals surface area contributed by atoms with Gasteiger partial charge < -0.3 is 30.6 Å². The maximum atomic E-state index is 10.2. The molecule has 0 aliphatic heterocycles. The van der Waals surface area contributed by atoms with E-state index in [1.807, 2.05) is 0 Å². The minimum atomic E-state index is -1.93. The molecule has 0 aliphatic rings. The molecule has 124 valence electrons. The van der Waals surface area contributed by atoms with Crippen molar-refractivity contribution >= 4 is 35.4 Å². The van der Waals surface area contributed by atoms with Crippen LogP contribution in [0.3, 0.4) is 0 Å². The fourth-order valence-electron chi connectivity index (χ4n) is 0.700. The molecule has 0 aromatic carbocycles. The summed E-state index contributed by atoms with van der Waals surface area (Å²) in [7, 11) is 0. The summed E-state index contributed by atoms with van der Waals surface area (Å²) in [6.45, 7) is 0. The first-order valence-electron chi connectivity index (χ1n) is 5.24. The molecule has 22 heavy (non-hydrogen) atoms. The Kier molecular flexibility index (Phi) is 9.70. The largest absolute Gasteiger partial charge is 0.479 e. The molecule has 12 nitrogen and oxygen atoms in total. The third-order valence-electron chi connectivity index (χ3n) is 1.80. The average molecular weight is 324 g/mol. The molecule has 0 fully saturated rings. The van der Waals surface area contributed by atoms with E-state index in [4.69, 9.17) is 30.6 Å². The number of Topliss-reactive ketones (excluding diaryl/α,β-unsaturated/α-hetero) is 2. The monoisotopic (exact) mass is 324 g/mol. The van der Waals surface area contributed by atoms with Crippen molar-refractivity contribution in [1.82, 2.24) is 0 Å². The highest BCUT2D eigenvalue weighted by molar-refractivity contribution is 6.33. The van der Waals surface area contributed by atoms with Crippen molar-refractivity contribution in [2.24, 2.45) is 0 Å². The lowest BCUT2D eigenvalue weighted by molar-refractivity contribution is -0.154. The van der Waals surface area contributed by atoms with Gasteiger partial charge in [-0.3, -0.25) is 9.59 Å². The summed E-state index contributed by atoms with van der Waals surface area (Å²) in [6, 6.07) is 0. The zero-order valence-corrected chi connectivity index (χ0v) is 10.7. The molecule has 0 spiro atoms. The van der Waals surface area contributed by atoms with Gasteiger partial charge in [0.2, 0.25) is 11.6 Å². The van der Waals surface area contributed by atoms with Crippen LogP contribution in [-0.2, 0) is 28.8 Å². The van der Waals surface area contributed by atoms with E-state index in [-0.39, 0.29) is 0 Å². The van der Waals surface area contributed by atoms with Crippen molar-refractivity contribution in [3.05, 3.63) is 0 Å². The van der Waals surface area contributed by atoms with E-state index in [0.717, 1.165) is 0 Å². The third kappa shape index (κ3) is 9.99. The van der Waals surface area contributed by atoms with Gasteiger partial charge in [0.05, 0.1) is 12.8 Å². The van der Waals surface area contributed by atoms with Crippen LogP contribution in [-0.4, -0.2) is 78.3 Å². The minimum absolute atomic E-state index is 0.898. The Morgan fingerprint density at radius 3 is 0.955 bits per heavy atom. The Labute approximate surface area is 121 Å². The normalized spacial score (nSPS) is 12.1. The van der Waals surface area contributed by atoms with E-state index in [0.29, 0.717) is 0 Å². The van der Waals surface area contributed by atoms with Crippen molar-refractivity contribution in [2.75, 3.05) is 0 Å². The number of ketones is 2. The molecule has 0 radical (unpaired) electrons. The van der Waals surface area contributed by atoms with E-state index in [1.165, 1.54) is 0 Å². The second-order valence-corrected chi connectivity index (χ2v) is 3.57. The number of hydrogen-bond acceptors (Lipinski definition) is 8. The highest BCUT2D eigenvalue weighted by Gasteiger charge is 2.22. The lowest BCUT2D eigenvalue weighted by Crippen LogP contribution is -2.26. The van der Waals surface area contributed by atoms with Gasteiger partial charge in [-0.2, -0.15) is 0 Å². The second kappa shape index (κ2) is 9.95. The molecule has 0 aromatic heterocycles. The Balaban J connectivity index is 0. The summed E-state index contributed by atoms with van der Waals surface area (Å²) >= 11 is 0. The molecule has 0 heterocycles. The standard InChI is InChI=1S/2C5H6O6/c2*6-2(4(8)9)1-3(7)5(10)11/h2*2,6H,1H2,(H,8,9)(H,10,11)/t2*2-/m00/s1. The molecule has 0 aromatic rings.